The van der Waals surface area contributed by atoms with Crippen LogP contribution in [-0.2, 0) is 10.5 Å². The number of rotatable bonds is 8. The van der Waals surface area contributed by atoms with Crippen LogP contribution in [0, 0.1) is 22.7 Å². The minimum Gasteiger partial charge on any atom is -0.482 e. The summed E-state index contributed by atoms with van der Waals surface area (Å²) >= 11 is 1.65. The van der Waals surface area contributed by atoms with Gasteiger partial charge < -0.3 is 10.1 Å². The predicted molar refractivity (Wildman–Crippen MR) is 97.0 cm³/mol. The number of carbonyl (C=O) groups excluding carboxylic acids is 1. The Morgan fingerprint density at radius 3 is 2.48 bits per heavy atom. The molecule has 126 valence electrons. The number of para-hydroxylation sites is 1. The molecule has 5 nitrogen and oxygen atoms in total. The highest BCUT2D eigenvalue weighted by Crippen LogP contribution is 2.16. The lowest BCUT2D eigenvalue weighted by atomic mass is 10.1. The smallest absolute Gasteiger partial charge is 0.257 e. The molecule has 0 spiro atoms. The Balaban J connectivity index is 1.66. The summed E-state index contributed by atoms with van der Waals surface area (Å²) in [5, 5.41) is 20.8. The second kappa shape index (κ2) is 10.0. The van der Waals surface area contributed by atoms with Gasteiger partial charge in [-0.3, -0.25) is 4.79 Å². The van der Waals surface area contributed by atoms with E-state index in [2.05, 4.69) is 11.4 Å². The van der Waals surface area contributed by atoms with Crippen molar-refractivity contribution in [1.29, 1.82) is 10.5 Å². The van der Waals surface area contributed by atoms with Crippen LogP contribution < -0.4 is 10.1 Å². The number of hydrogen-bond acceptors (Lipinski definition) is 5. The van der Waals surface area contributed by atoms with Gasteiger partial charge in [0.2, 0.25) is 0 Å². The summed E-state index contributed by atoms with van der Waals surface area (Å²) < 4.78 is 5.37. The molecule has 0 saturated carbocycles. The first-order valence-electron chi connectivity index (χ1n) is 7.69. The van der Waals surface area contributed by atoms with Crippen molar-refractivity contribution in [2.75, 3.05) is 18.9 Å². The van der Waals surface area contributed by atoms with Crippen LogP contribution >= 0.6 is 11.8 Å². The van der Waals surface area contributed by atoms with Gasteiger partial charge in [-0.05, 0) is 23.8 Å². The highest BCUT2D eigenvalue weighted by atomic mass is 32.2. The van der Waals surface area contributed by atoms with Gasteiger partial charge in [-0.1, -0.05) is 30.3 Å². The van der Waals surface area contributed by atoms with Gasteiger partial charge in [-0.2, -0.15) is 22.3 Å². The van der Waals surface area contributed by atoms with Gasteiger partial charge in [0.15, 0.2) is 6.61 Å². The molecule has 0 heterocycles. The maximum Gasteiger partial charge on any atom is 0.257 e. The van der Waals surface area contributed by atoms with Crippen molar-refractivity contribution < 1.29 is 9.53 Å². The monoisotopic (exact) mass is 351 g/mol. The molecule has 6 heteroatoms. The number of nitrogens with zero attached hydrogens (tertiary/aromatic N) is 2. The van der Waals surface area contributed by atoms with E-state index in [1.165, 1.54) is 0 Å². The van der Waals surface area contributed by atoms with Crippen molar-refractivity contribution in [3.63, 3.8) is 0 Å². The molecule has 25 heavy (non-hydrogen) atoms. The lowest BCUT2D eigenvalue weighted by molar-refractivity contribution is -0.122. The van der Waals surface area contributed by atoms with E-state index >= 15 is 0 Å². The molecule has 2 aromatic rings. The van der Waals surface area contributed by atoms with Crippen LogP contribution in [-0.4, -0.2) is 24.8 Å². The molecule has 0 atom stereocenters. The lowest BCUT2D eigenvalue weighted by Crippen LogP contribution is -2.30. The van der Waals surface area contributed by atoms with Crippen LogP contribution in [0.3, 0.4) is 0 Å². The number of amides is 1. The van der Waals surface area contributed by atoms with E-state index in [-0.39, 0.29) is 12.5 Å². The van der Waals surface area contributed by atoms with E-state index in [0.717, 1.165) is 17.1 Å². The number of nitrogens with one attached hydrogen (secondary N) is 1. The Hall–Kier alpha value is -2.96. The summed E-state index contributed by atoms with van der Waals surface area (Å²) in [6, 6.07) is 18.5. The van der Waals surface area contributed by atoms with Crippen molar-refractivity contribution in [2.24, 2.45) is 0 Å². The minimum absolute atomic E-state index is 0.124. The predicted octanol–water partition coefficient (Wildman–Crippen LogP) is 2.86. The average molecular weight is 351 g/mol. The highest BCUT2D eigenvalue weighted by molar-refractivity contribution is 7.98. The number of carbonyl (C=O) groups is 1. The van der Waals surface area contributed by atoms with Crippen molar-refractivity contribution in [3.05, 3.63) is 65.2 Å². The molecule has 0 fully saturated rings. The number of nitriles is 2. The van der Waals surface area contributed by atoms with E-state index in [9.17, 15) is 4.79 Å². The van der Waals surface area contributed by atoms with Crippen LogP contribution in [0.5, 0.6) is 5.75 Å². The largest absolute Gasteiger partial charge is 0.482 e. The first-order valence-corrected chi connectivity index (χ1v) is 8.84. The zero-order chi connectivity index (χ0) is 17.9. The molecule has 1 N–H and O–H groups in total. The fourth-order valence-corrected chi connectivity index (χ4v) is 2.94. The Kier molecular flexibility index (Phi) is 7.37. The van der Waals surface area contributed by atoms with E-state index < -0.39 is 0 Å². The van der Waals surface area contributed by atoms with E-state index in [1.807, 2.05) is 24.3 Å². The second-order valence-electron chi connectivity index (χ2n) is 5.07. The van der Waals surface area contributed by atoms with Gasteiger partial charge in [-0.15, -0.1) is 0 Å². The summed E-state index contributed by atoms with van der Waals surface area (Å²) in [5.74, 6) is 1.64. The third kappa shape index (κ3) is 5.87. The molecule has 0 saturated heterocycles. The summed E-state index contributed by atoms with van der Waals surface area (Å²) in [5.41, 5.74) is 2.09. The Morgan fingerprint density at radius 1 is 1.04 bits per heavy atom. The molecule has 2 rings (SSSR count). The number of hydrogen-bond donors (Lipinski definition) is 1. The van der Waals surface area contributed by atoms with Crippen molar-refractivity contribution in [3.8, 4) is 17.9 Å². The van der Waals surface area contributed by atoms with Gasteiger partial charge >= 0.3 is 0 Å². The number of ether oxygens (including phenoxy) is 1. The summed E-state index contributed by atoms with van der Waals surface area (Å²) in [7, 11) is 0. The average Bonchev–Trinajstić information content (AvgIpc) is 2.66. The first-order chi connectivity index (χ1) is 12.2. The van der Waals surface area contributed by atoms with Crippen molar-refractivity contribution in [1.82, 2.24) is 5.32 Å². The molecule has 0 bridgehead atoms. The zero-order valence-corrected chi connectivity index (χ0v) is 14.4. The maximum atomic E-state index is 11.8. The van der Waals surface area contributed by atoms with Gasteiger partial charge in [-0.25, -0.2) is 0 Å². The van der Waals surface area contributed by atoms with Gasteiger partial charge in [0, 0.05) is 18.1 Å². The third-order valence-electron chi connectivity index (χ3n) is 3.33. The standard InChI is InChI=1S/C19H17N3O2S/c20-11-15-5-1-2-7-17(15)14-25-10-9-22-19(23)13-24-18-8-4-3-6-16(18)12-21/h1-8H,9-10,13-14H2,(H,22,23). The summed E-state index contributed by atoms with van der Waals surface area (Å²) in [4.78, 5) is 11.8. The van der Waals surface area contributed by atoms with Gasteiger partial charge in [0.05, 0.1) is 17.2 Å². The Bertz CT molecular complexity index is 809. The van der Waals surface area contributed by atoms with Crippen LogP contribution in [0.1, 0.15) is 16.7 Å². The van der Waals surface area contributed by atoms with Crippen LogP contribution in [0.2, 0.25) is 0 Å². The Morgan fingerprint density at radius 2 is 1.72 bits per heavy atom. The number of thioether (sulfide) groups is 1. The highest BCUT2D eigenvalue weighted by Gasteiger charge is 2.06. The first kappa shape index (κ1) is 18.4. The minimum atomic E-state index is -0.231. The molecule has 0 unspecified atom stereocenters. The fourth-order valence-electron chi connectivity index (χ4n) is 2.08. The molecule has 1 amide bonds. The van der Waals surface area contributed by atoms with Crippen LogP contribution in [0.25, 0.3) is 0 Å². The molecular weight excluding hydrogens is 334 g/mol. The molecule has 0 aliphatic heterocycles. The second-order valence-corrected chi connectivity index (χ2v) is 6.17. The van der Waals surface area contributed by atoms with Crippen molar-refractivity contribution in [2.45, 2.75) is 5.75 Å². The van der Waals surface area contributed by atoms with Crippen LogP contribution in [0.15, 0.2) is 48.5 Å². The normalized spacial score (nSPS) is 9.68. The molecule has 0 aliphatic rings. The van der Waals surface area contributed by atoms with Gasteiger partial charge in [0.25, 0.3) is 5.91 Å². The van der Waals surface area contributed by atoms with Crippen LogP contribution in [0.4, 0.5) is 0 Å². The third-order valence-corrected chi connectivity index (χ3v) is 4.34. The van der Waals surface area contributed by atoms with Crippen molar-refractivity contribution >= 4 is 17.7 Å². The topological polar surface area (TPSA) is 85.9 Å². The number of benzene rings is 2. The molecular formula is C19H17N3O2S. The SMILES string of the molecule is N#Cc1ccccc1CSCCNC(=O)COc1ccccc1C#N. The van der Waals surface area contributed by atoms with E-state index in [1.54, 1.807) is 42.1 Å². The summed E-state index contributed by atoms with van der Waals surface area (Å²) in [6.45, 7) is 0.391. The van der Waals surface area contributed by atoms with E-state index in [4.69, 9.17) is 15.3 Å². The van der Waals surface area contributed by atoms with E-state index in [0.29, 0.717) is 23.4 Å². The van der Waals surface area contributed by atoms with Gasteiger partial charge in [0.1, 0.15) is 11.8 Å². The molecule has 0 radical (unpaired) electrons. The fraction of sp³-hybridized carbons (Fsp3) is 0.211. The molecule has 0 aliphatic carbocycles. The summed E-state index contributed by atoms with van der Waals surface area (Å²) in [6.07, 6.45) is 0. The Labute approximate surface area is 151 Å². The maximum absolute atomic E-state index is 11.8. The molecule has 0 aromatic heterocycles. The zero-order valence-electron chi connectivity index (χ0n) is 13.6. The quantitative estimate of drug-likeness (QED) is 0.739. The lowest BCUT2D eigenvalue weighted by Gasteiger charge is -2.08. The molecule has 2 aromatic carbocycles.